The Morgan fingerprint density at radius 2 is 0.966 bits per heavy atom. The highest BCUT2D eigenvalue weighted by Crippen LogP contribution is 2.44. The van der Waals surface area contributed by atoms with Crippen LogP contribution in [0.15, 0.2) is 94.9 Å². The first-order valence-corrected chi connectivity index (χ1v) is 39.6. The van der Waals surface area contributed by atoms with Crippen molar-refractivity contribution in [3.05, 3.63) is 206 Å². The molecule has 14 rings (SSSR count). The van der Waals surface area contributed by atoms with E-state index < -0.39 is 77.4 Å². The van der Waals surface area contributed by atoms with Gasteiger partial charge in [0.1, 0.15) is 70.5 Å². The molecule has 0 bridgehead atoms. The molecule has 2 fully saturated rings. The number of ether oxygens (including phenoxy) is 2. The van der Waals surface area contributed by atoms with E-state index in [-0.39, 0.29) is 145 Å². The number of rotatable bonds is 27. The van der Waals surface area contributed by atoms with Gasteiger partial charge in [-0.3, -0.25) is 97.1 Å². The number of imide groups is 4. The molecular formula is C84H89Cl2N15O15S2. The van der Waals surface area contributed by atoms with Crippen LogP contribution in [0.2, 0.25) is 10.0 Å². The number of thiophene rings is 2. The van der Waals surface area contributed by atoms with Crippen LogP contribution in [0.5, 0.6) is 11.5 Å². The largest absolute Gasteiger partial charge is 0.485 e. The molecule has 6 aliphatic heterocycles. The van der Waals surface area contributed by atoms with E-state index in [1.165, 1.54) is 53.0 Å². The highest BCUT2D eigenvalue weighted by Gasteiger charge is 2.48. The minimum absolute atomic E-state index is 0. The molecule has 4 N–H and O–H groups in total. The number of aryl methyl sites for hydroxylation is 2. The highest BCUT2D eigenvalue weighted by molar-refractivity contribution is 7.15. The third-order valence-corrected chi connectivity index (χ3v) is 23.1. The van der Waals surface area contributed by atoms with Crippen LogP contribution < -0.4 is 25.4 Å². The first-order chi connectivity index (χ1) is 55.3. The monoisotopic (exact) mass is 1680 g/mol. The normalized spacial score (nSPS) is 16.6. The van der Waals surface area contributed by atoms with Gasteiger partial charge in [0, 0.05) is 64.5 Å². The van der Waals surface area contributed by atoms with Crippen molar-refractivity contribution in [3.8, 4) is 21.5 Å². The number of aliphatic carboxylic acids is 1. The van der Waals surface area contributed by atoms with Gasteiger partial charge in [0.25, 0.3) is 23.6 Å². The van der Waals surface area contributed by atoms with Crippen LogP contribution in [-0.2, 0) is 51.4 Å². The van der Waals surface area contributed by atoms with Crippen LogP contribution in [0, 0.1) is 40.8 Å². The van der Waals surface area contributed by atoms with Crippen LogP contribution in [0.4, 0.5) is 0 Å². The van der Waals surface area contributed by atoms with Crippen molar-refractivity contribution in [1.29, 1.82) is 0 Å². The summed E-state index contributed by atoms with van der Waals surface area (Å²) in [6.07, 6.45) is 6.38. The maximum absolute atomic E-state index is 13.3. The van der Waals surface area contributed by atoms with Gasteiger partial charge in [-0.15, -0.1) is 43.1 Å². The Balaban J connectivity index is 0.000000219. The fourth-order valence-corrected chi connectivity index (χ4v) is 17.1. The number of carbonyl (C=O) groups excluding carboxylic acids is 11. The van der Waals surface area contributed by atoms with Crippen molar-refractivity contribution < 1.29 is 72.1 Å². The molecule has 0 aliphatic carbocycles. The lowest BCUT2D eigenvalue weighted by atomic mass is 9.99. The highest BCUT2D eigenvalue weighted by atomic mass is 35.5. The molecule has 6 aliphatic rings. The zero-order valence-corrected chi connectivity index (χ0v) is 66.3. The number of fused-ring (bicyclic) bond motifs is 8. The lowest BCUT2D eigenvalue weighted by Gasteiger charge is -2.27. The van der Waals surface area contributed by atoms with Gasteiger partial charge in [-0.2, -0.15) is 0 Å². The van der Waals surface area contributed by atoms with Crippen LogP contribution in [0.3, 0.4) is 0 Å². The number of carboxylic acid groups (broad SMARTS) is 1. The standard InChI is InChI=1S/C40H37ClN8O7S.C21H24N2O6.C20H16ClN5O2S.3CH4/c1-21-30(19-42-3)57-40-33(21)35(23-11-13-24(41)14-12-23)44-27(36-47-46-22(2)48(36)40)18-32(52)43-17-6-4-5-8-25(50)20-56-29-10-7-9-26-34(29)39(55)49(38(26)54)28-15-16-31(51)45-37(28)53;1-2-3-4-5-7-13(24)12-29-16-9-6-8-14-18(16)21(28)23(20(14)27)15-10-11-17(25)22-19(15)26;1-10-15(9-22-3)29-20-17(10)18(12-4-6-13(21)7-5-12)23-14(8-16(27)28)19-25-24-11(2)26(19)20;;;/h7,9-14,27-28H,4-6,8,15-20H2,1-2H3,(H,43,52)(H,45,51,53);6,8-9,15H,2-5,7,10-12H2,1H3,(H,22,25,26);4-7,14H,8-9H2,1-2H3,(H,27,28);3*1H4/t27-,28?;;14-;;;/m0.0.../s1. The molecule has 616 valence electrons. The molecular weight excluding hydrogens is 1590 g/mol. The van der Waals surface area contributed by atoms with Crippen LogP contribution in [0.1, 0.15) is 245 Å². The second kappa shape index (κ2) is 39.7. The summed E-state index contributed by atoms with van der Waals surface area (Å²) in [4.78, 5) is 170. The predicted molar refractivity (Wildman–Crippen MR) is 442 cm³/mol. The third-order valence-electron chi connectivity index (χ3n) is 20.0. The molecule has 4 aromatic heterocycles. The summed E-state index contributed by atoms with van der Waals surface area (Å²) in [5, 5.41) is 36.8. The maximum Gasteiger partial charge on any atom is 0.306 e. The van der Waals surface area contributed by atoms with Gasteiger partial charge in [-0.25, -0.2) is 13.1 Å². The second-order valence-corrected chi connectivity index (χ2v) is 30.9. The summed E-state index contributed by atoms with van der Waals surface area (Å²) in [5.74, 6) is -3.80. The number of amides is 9. The Kier molecular flexibility index (Phi) is 30.2. The number of nitrogens with zero attached hydrogens (tertiary/aromatic N) is 12. The molecule has 0 radical (unpaired) electrons. The van der Waals surface area contributed by atoms with Crippen LogP contribution in [-0.4, -0.2) is 158 Å². The number of piperidine rings is 2. The number of hydrogen-bond acceptors (Lipinski definition) is 22. The van der Waals surface area contributed by atoms with E-state index in [1.807, 2.05) is 61.1 Å². The molecule has 0 saturated carbocycles. The van der Waals surface area contributed by atoms with E-state index in [2.05, 4.69) is 53.0 Å². The molecule has 8 aromatic rings. The Bertz CT molecular complexity index is 5440. The Morgan fingerprint density at radius 3 is 1.36 bits per heavy atom. The minimum atomic E-state index is -1.11. The number of aliphatic imine (C=N–C) groups is 2. The van der Waals surface area contributed by atoms with Gasteiger partial charge in [0.15, 0.2) is 23.2 Å². The predicted octanol–water partition coefficient (Wildman–Crippen LogP) is 13.3. The smallest absolute Gasteiger partial charge is 0.306 e. The lowest BCUT2D eigenvalue weighted by molar-refractivity contribution is -0.138. The van der Waals surface area contributed by atoms with Crippen molar-refractivity contribution in [1.82, 2.24) is 55.3 Å². The summed E-state index contributed by atoms with van der Waals surface area (Å²) in [6.45, 7) is 24.9. The van der Waals surface area contributed by atoms with Crippen molar-refractivity contribution >= 4 is 128 Å². The van der Waals surface area contributed by atoms with Gasteiger partial charge in [-0.05, 0) is 119 Å². The van der Waals surface area contributed by atoms with Crippen molar-refractivity contribution in [3.63, 3.8) is 0 Å². The Morgan fingerprint density at radius 1 is 0.551 bits per heavy atom. The quantitative estimate of drug-likeness (QED) is 0.0211. The zero-order chi connectivity index (χ0) is 82.1. The average Bonchev–Trinajstić information content (AvgIpc) is 1.61. The number of ketones is 2. The SMILES string of the molecule is C.C.C.CCCCCCC(=O)COc1cccc2c1C(=O)N(C1CCC(=O)NC1=O)C2=O.[C-]#[N+]Cc1sc2c(c1C)C(c1ccc(Cl)cc1)=N[C@@H](CC(=O)NCCCCCC(=O)COc1cccc3c1C(=O)N(C1CCC(=O)NC1=O)C3=O)c1nnc(C)n1-2.[C-]#[N+]Cc1sc2c(c1C)C(c1ccc(Cl)cc1)=N[C@@H](CC(=O)O)c1nnc(C)n1-2. The van der Waals surface area contributed by atoms with Gasteiger partial charge < -0.3 is 29.6 Å². The Labute approximate surface area is 699 Å². The molecule has 0 spiro atoms. The lowest BCUT2D eigenvalue weighted by Crippen LogP contribution is -2.54. The minimum Gasteiger partial charge on any atom is -0.485 e. The molecule has 4 atom stereocenters. The van der Waals surface area contributed by atoms with E-state index in [4.69, 9.17) is 55.8 Å². The Hall–Kier alpha value is -12.1. The number of benzene rings is 4. The summed E-state index contributed by atoms with van der Waals surface area (Å²) in [5.41, 5.74) is 6.93. The molecule has 9 amide bonds. The fraction of sp³-hybridized carbons (Fsp3) is 0.381. The number of aromatic nitrogens is 6. The number of unbranched alkanes of at least 4 members (excludes halogenated alkanes) is 5. The first kappa shape index (κ1) is 89.8. The molecule has 34 heteroatoms. The van der Waals surface area contributed by atoms with Crippen molar-refractivity contribution in [2.24, 2.45) is 9.98 Å². The number of nitrogens with one attached hydrogen (secondary N) is 3. The number of carboxylic acids is 1. The fourth-order valence-electron chi connectivity index (χ4n) is 14.3. The van der Waals surface area contributed by atoms with Crippen LogP contribution in [0.25, 0.3) is 19.7 Å². The van der Waals surface area contributed by atoms with Crippen molar-refractivity contribution in [2.75, 3.05) is 19.8 Å². The van der Waals surface area contributed by atoms with E-state index in [0.29, 0.717) is 77.0 Å². The van der Waals surface area contributed by atoms with E-state index in [1.54, 1.807) is 30.3 Å². The summed E-state index contributed by atoms with van der Waals surface area (Å²) in [6, 6.07) is 20.3. The molecule has 10 heterocycles. The molecule has 4 aromatic carbocycles. The molecule has 2 unspecified atom stereocenters. The van der Waals surface area contributed by atoms with Gasteiger partial charge in [-0.1, -0.05) is 114 Å². The number of hydrogen-bond donors (Lipinski definition) is 4. The van der Waals surface area contributed by atoms with E-state index in [0.717, 1.165) is 88.6 Å². The first-order valence-electron chi connectivity index (χ1n) is 37.2. The molecule has 30 nitrogen and oxygen atoms in total. The number of halogens is 2. The van der Waals surface area contributed by atoms with Gasteiger partial charge >= 0.3 is 5.97 Å². The summed E-state index contributed by atoms with van der Waals surface area (Å²) < 4.78 is 15.1. The summed E-state index contributed by atoms with van der Waals surface area (Å²) in [7, 11) is 0. The van der Waals surface area contributed by atoms with Crippen molar-refractivity contribution in [2.45, 2.75) is 190 Å². The van der Waals surface area contributed by atoms with Crippen LogP contribution >= 0.6 is 45.9 Å². The second-order valence-electron chi connectivity index (χ2n) is 27.9. The van der Waals surface area contributed by atoms with E-state index >= 15 is 0 Å². The van der Waals surface area contributed by atoms with Gasteiger partial charge in [0.2, 0.25) is 42.6 Å². The summed E-state index contributed by atoms with van der Waals surface area (Å²) >= 11 is 15.3. The molecule has 118 heavy (non-hydrogen) atoms. The number of carbonyl (C=O) groups is 12. The topological polar surface area (TPSA) is 381 Å². The van der Waals surface area contributed by atoms with E-state index in [9.17, 15) is 62.6 Å². The molecule has 2 saturated heterocycles. The maximum atomic E-state index is 13.3. The third kappa shape index (κ3) is 19.3. The van der Waals surface area contributed by atoms with Gasteiger partial charge in [0.05, 0.1) is 56.3 Å². The average molecular weight is 1680 g/mol. The zero-order valence-electron chi connectivity index (χ0n) is 63.1. The number of Topliss-reactive ketones (excluding diaryl/α,β-unsaturated/α-hetero) is 2.